The van der Waals surface area contributed by atoms with Gasteiger partial charge in [-0.05, 0) is 52.3 Å². The van der Waals surface area contributed by atoms with Gasteiger partial charge in [-0.1, -0.05) is 12.1 Å². The standard InChI is InChI=1S/C19H30N2O4S/c1-13(2)21(6)15-9-7-14(8-10-15)11-26-12-16(17(22)23)20-18(24)25-19(3,4)5/h7-10,13,16H,11-12H2,1-6H3,(H,20,24)(H,22,23)/t16-/m0/s1. The van der Waals surface area contributed by atoms with Gasteiger partial charge in [-0.2, -0.15) is 11.8 Å². The topological polar surface area (TPSA) is 78.9 Å². The van der Waals surface area contributed by atoms with Crippen molar-refractivity contribution in [2.75, 3.05) is 17.7 Å². The van der Waals surface area contributed by atoms with E-state index in [-0.39, 0.29) is 5.75 Å². The lowest BCUT2D eigenvalue weighted by atomic mass is 10.2. The third kappa shape index (κ3) is 7.99. The summed E-state index contributed by atoms with van der Waals surface area (Å²) in [4.78, 5) is 25.3. The Bertz CT molecular complexity index is 597. The molecular weight excluding hydrogens is 352 g/mol. The highest BCUT2D eigenvalue weighted by molar-refractivity contribution is 7.98. The van der Waals surface area contributed by atoms with Gasteiger partial charge in [-0.25, -0.2) is 9.59 Å². The molecule has 1 aromatic rings. The average molecular weight is 383 g/mol. The van der Waals surface area contributed by atoms with Crippen molar-refractivity contribution in [2.45, 2.75) is 58.1 Å². The van der Waals surface area contributed by atoms with Crippen LogP contribution in [0.25, 0.3) is 0 Å². The maximum absolute atomic E-state index is 11.8. The second kappa shape index (κ2) is 9.71. The molecule has 0 spiro atoms. The number of ether oxygens (including phenoxy) is 1. The van der Waals surface area contributed by atoms with Gasteiger partial charge in [-0.15, -0.1) is 0 Å². The van der Waals surface area contributed by atoms with Gasteiger partial charge in [-0.3, -0.25) is 0 Å². The highest BCUT2D eigenvalue weighted by atomic mass is 32.2. The number of anilines is 1. The molecule has 1 aromatic carbocycles. The molecule has 0 aromatic heterocycles. The lowest BCUT2D eigenvalue weighted by molar-refractivity contribution is -0.138. The first-order chi connectivity index (χ1) is 12.0. The van der Waals surface area contributed by atoms with Crippen molar-refractivity contribution in [2.24, 2.45) is 0 Å². The van der Waals surface area contributed by atoms with Crippen molar-refractivity contribution in [3.05, 3.63) is 29.8 Å². The third-order valence-electron chi connectivity index (χ3n) is 3.66. The number of carboxylic acid groups (broad SMARTS) is 1. The van der Waals surface area contributed by atoms with Gasteiger partial charge in [0.05, 0.1) is 0 Å². The molecule has 0 aliphatic heterocycles. The van der Waals surface area contributed by atoms with Gasteiger partial charge >= 0.3 is 12.1 Å². The SMILES string of the molecule is CC(C)N(C)c1ccc(CSC[C@H](NC(=O)OC(C)(C)C)C(=O)O)cc1. The Morgan fingerprint density at radius 1 is 1.23 bits per heavy atom. The molecule has 26 heavy (non-hydrogen) atoms. The van der Waals surface area contributed by atoms with Crippen molar-refractivity contribution in [1.29, 1.82) is 0 Å². The number of thioether (sulfide) groups is 1. The zero-order valence-corrected chi connectivity index (χ0v) is 17.2. The maximum atomic E-state index is 11.8. The fourth-order valence-corrected chi connectivity index (χ4v) is 3.05. The number of hydrogen-bond donors (Lipinski definition) is 2. The Labute approximate surface area is 160 Å². The van der Waals surface area contributed by atoms with Crippen LogP contribution in [0.1, 0.15) is 40.2 Å². The molecule has 0 unspecified atom stereocenters. The number of nitrogens with zero attached hydrogens (tertiary/aromatic N) is 1. The van der Waals surface area contributed by atoms with E-state index in [9.17, 15) is 14.7 Å². The molecule has 6 nitrogen and oxygen atoms in total. The number of carboxylic acids is 1. The second-order valence-electron chi connectivity index (χ2n) is 7.42. The van der Waals surface area contributed by atoms with Gasteiger partial charge in [0.1, 0.15) is 11.6 Å². The van der Waals surface area contributed by atoms with E-state index < -0.39 is 23.7 Å². The zero-order chi connectivity index (χ0) is 19.9. The number of amides is 1. The summed E-state index contributed by atoms with van der Waals surface area (Å²) in [5.74, 6) is -0.134. The number of aliphatic carboxylic acids is 1. The lowest BCUT2D eigenvalue weighted by Gasteiger charge is -2.24. The largest absolute Gasteiger partial charge is 0.480 e. The summed E-state index contributed by atoms with van der Waals surface area (Å²) in [5, 5.41) is 11.7. The molecule has 0 radical (unpaired) electrons. The van der Waals surface area contributed by atoms with Gasteiger partial charge in [0.25, 0.3) is 0 Å². The van der Waals surface area contributed by atoms with E-state index in [1.54, 1.807) is 20.8 Å². The van der Waals surface area contributed by atoms with Crippen LogP contribution in [0, 0.1) is 0 Å². The maximum Gasteiger partial charge on any atom is 0.408 e. The normalized spacial score (nSPS) is 12.6. The van der Waals surface area contributed by atoms with Crippen molar-refractivity contribution in [3.63, 3.8) is 0 Å². The molecule has 0 bridgehead atoms. The van der Waals surface area contributed by atoms with Crippen LogP contribution in [0.5, 0.6) is 0 Å². The minimum atomic E-state index is -1.07. The second-order valence-corrected chi connectivity index (χ2v) is 8.45. The van der Waals surface area contributed by atoms with E-state index in [1.165, 1.54) is 11.8 Å². The fraction of sp³-hybridized carbons (Fsp3) is 0.579. The lowest BCUT2D eigenvalue weighted by Crippen LogP contribution is -2.44. The number of carbonyl (C=O) groups is 2. The number of benzene rings is 1. The van der Waals surface area contributed by atoms with Crippen LogP contribution in [-0.4, -0.2) is 47.7 Å². The molecule has 146 valence electrons. The van der Waals surface area contributed by atoms with Crippen LogP contribution in [-0.2, 0) is 15.3 Å². The molecule has 7 heteroatoms. The van der Waals surface area contributed by atoms with E-state index in [1.807, 2.05) is 19.2 Å². The summed E-state index contributed by atoms with van der Waals surface area (Å²) in [6, 6.07) is 7.63. The Balaban J connectivity index is 2.52. The van der Waals surface area contributed by atoms with E-state index in [2.05, 4.69) is 36.2 Å². The number of rotatable bonds is 8. The van der Waals surface area contributed by atoms with E-state index in [0.29, 0.717) is 11.8 Å². The third-order valence-corrected chi connectivity index (χ3v) is 4.77. The van der Waals surface area contributed by atoms with E-state index in [4.69, 9.17) is 4.74 Å². The van der Waals surface area contributed by atoms with Crippen LogP contribution in [0.3, 0.4) is 0 Å². The summed E-state index contributed by atoms with van der Waals surface area (Å²) >= 11 is 1.46. The molecule has 0 heterocycles. The minimum Gasteiger partial charge on any atom is -0.480 e. The predicted molar refractivity (Wildman–Crippen MR) is 107 cm³/mol. The first-order valence-electron chi connectivity index (χ1n) is 8.61. The molecule has 0 saturated carbocycles. The van der Waals surface area contributed by atoms with Crippen molar-refractivity contribution < 1.29 is 19.4 Å². The molecule has 1 rings (SSSR count). The number of carbonyl (C=O) groups excluding carboxylic acids is 1. The van der Waals surface area contributed by atoms with Crippen molar-refractivity contribution >= 4 is 29.5 Å². The molecule has 1 amide bonds. The van der Waals surface area contributed by atoms with Crippen molar-refractivity contribution in [3.8, 4) is 0 Å². The van der Waals surface area contributed by atoms with E-state index >= 15 is 0 Å². The van der Waals surface area contributed by atoms with Gasteiger partial charge in [0, 0.05) is 30.3 Å². The predicted octanol–water partition coefficient (Wildman–Crippen LogP) is 3.74. The highest BCUT2D eigenvalue weighted by Gasteiger charge is 2.23. The van der Waals surface area contributed by atoms with Crippen LogP contribution < -0.4 is 10.2 Å². The summed E-state index contributed by atoms with van der Waals surface area (Å²) < 4.78 is 5.11. The Morgan fingerprint density at radius 3 is 2.27 bits per heavy atom. The molecule has 0 fully saturated rings. The smallest absolute Gasteiger partial charge is 0.408 e. The summed E-state index contributed by atoms with van der Waals surface area (Å²) in [5.41, 5.74) is 1.59. The van der Waals surface area contributed by atoms with Crippen molar-refractivity contribution in [1.82, 2.24) is 5.32 Å². The summed E-state index contributed by atoms with van der Waals surface area (Å²) in [6.07, 6.45) is -0.716. The quantitative estimate of drug-likeness (QED) is 0.713. The van der Waals surface area contributed by atoms with Gasteiger partial charge in [0.15, 0.2) is 0 Å². The highest BCUT2D eigenvalue weighted by Crippen LogP contribution is 2.19. The van der Waals surface area contributed by atoms with Crippen LogP contribution in [0.4, 0.5) is 10.5 Å². The first-order valence-corrected chi connectivity index (χ1v) is 9.77. The van der Waals surface area contributed by atoms with Crippen LogP contribution in [0.2, 0.25) is 0 Å². The Hall–Kier alpha value is -1.89. The molecular formula is C19H30N2O4S. The minimum absolute atomic E-state index is 0.266. The number of alkyl carbamates (subject to hydrolysis) is 1. The summed E-state index contributed by atoms with van der Waals surface area (Å²) in [7, 11) is 2.05. The van der Waals surface area contributed by atoms with Gasteiger partial charge < -0.3 is 20.1 Å². The zero-order valence-electron chi connectivity index (χ0n) is 16.4. The number of nitrogens with one attached hydrogen (secondary N) is 1. The average Bonchev–Trinajstić information content (AvgIpc) is 2.51. The van der Waals surface area contributed by atoms with Gasteiger partial charge in [0.2, 0.25) is 0 Å². The monoisotopic (exact) mass is 382 g/mol. The molecule has 0 aliphatic carbocycles. The van der Waals surface area contributed by atoms with Crippen LogP contribution >= 0.6 is 11.8 Å². The molecule has 2 N–H and O–H groups in total. The van der Waals surface area contributed by atoms with Crippen LogP contribution in [0.15, 0.2) is 24.3 Å². The number of hydrogen-bond acceptors (Lipinski definition) is 5. The first kappa shape index (κ1) is 22.2. The Kier molecular flexibility index (Phi) is 8.27. The van der Waals surface area contributed by atoms with E-state index in [0.717, 1.165) is 11.3 Å². The fourth-order valence-electron chi connectivity index (χ4n) is 2.04. The molecule has 0 saturated heterocycles. The molecule has 0 aliphatic rings. The Morgan fingerprint density at radius 2 is 1.81 bits per heavy atom. The molecule has 1 atom stereocenters. The summed E-state index contributed by atoms with van der Waals surface area (Å²) in [6.45, 7) is 9.47.